The summed E-state index contributed by atoms with van der Waals surface area (Å²) in [6.07, 6.45) is 0.674. The standard InChI is InChI=1S/C19H21NO3SSe/c1-14(2)12-15(13-25-16-8-4-3-5-9-16)20-19(21)17-10-6-7-11-18(17)24(20,22)23/h3-11,14-15H,12-13H2,1-2H3. The van der Waals surface area contributed by atoms with E-state index in [0.717, 1.165) is 4.31 Å². The van der Waals surface area contributed by atoms with Crippen molar-refractivity contribution in [3.8, 4) is 0 Å². The molecule has 1 amide bonds. The Balaban J connectivity index is 1.90. The van der Waals surface area contributed by atoms with Gasteiger partial charge < -0.3 is 0 Å². The average Bonchev–Trinajstić information content (AvgIpc) is 2.79. The summed E-state index contributed by atoms with van der Waals surface area (Å²) in [4.78, 5) is 12.9. The number of benzene rings is 2. The van der Waals surface area contributed by atoms with Gasteiger partial charge in [0.15, 0.2) is 0 Å². The van der Waals surface area contributed by atoms with Gasteiger partial charge in [-0.3, -0.25) is 0 Å². The zero-order chi connectivity index (χ0) is 18.0. The Labute approximate surface area is 155 Å². The third kappa shape index (κ3) is 3.66. The normalized spacial score (nSPS) is 16.9. The van der Waals surface area contributed by atoms with Crippen molar-refractivity contribution in [2.45, 2.75) is 36.5 Å². The van der Waals surface area contributed by atoms with Crippen LogP contribution in [0, 0.1) is 5.92 Å². The van der Waals surface area contributed by atoms with E-state index in [4.69, 9.17) is 0 Å². The van der Waals surface area contributed by atoms with Crippen LogP contribution in [0.25, 0.3) is 0 Å². The van der Waals surface area contributed by atoms with Gasteiger partial charge in [0.2, 0.25) is 0 Å². The topological polar surface area (TPSA) is 54.5 Å². The molecular formula is C19H21NO3SSe. The molecule has 4 nitrogen and oxygen atoms in total. The van der Waals surface area contributed by atoms with Crippen molar-refractivity contribution in [3.05, 3.63) is 60.2 Å². The van der Waals surface area contributed by atoms with Crippen molar-refractivity contribution >= 4 is 35.3 Å². The van der Waals surface area contributed by atoms with Gasteiger partial charge in [-0.1, -0.05) is 0 Å². The molecular weight excluding hydrogens is 401 g/mol. The SMILES string of the molecule is CC(C)CC(C[Se]c1ccccc1)N1C(=O)c2ccccc2S1(=O)=O. The third-order valence-electron chi connectivity index (χ3n) is 4.12. The van der Waals surface area contributed by atoms with Crippen molar-refractivity contribution in [2.24, 2.45) is 5.92 Å². The molecule has 1 unspecified atom stereocenters. The molecule has 0 bridgehead atoms. The van der Waals surface area contributed by atoms with Gasteiger partial charge in [-0.2, -0.15) is 0 Å². The van der Waals surface area contributed by atoms with Crippen molar-refractivity contribution in [1.29, 1.82) is 0 Å². The number of sulfonamides is 1. The summed E-state index contributed by atoms with van der Waals surface area (Å²) in [5, 5.41) is 0.689. The van der Waals surface area contributed by atoms with Crippen molar-refractivity contribution in [1.82, 2.24) is 4.31 Å². The zero-order valence-electron chi connectivity index (χ0n) is 14.3. The van der Waals surface area contributed by atoms with Crippen molar-refractivity contribution in [2.75, 3.05) is 0 Å². The van der Waals surface area contributed by atoms with Crippen LogP contribution in [0.15, 0.2) is 59.5 Å². The molecule has 1 aliphatic heterocycles. The van der Waals surface area contributed by atoms with Gasteiger partial charge in [0.1, 0.15) is 0 Å². The number of hydrogen-bond donors (Lipinski definition) is 0. The predicted molar refractivity (Wildman–Crippen MR) is 99.7 cm³/mol. The zero-order valence-corrected chi connectivity index (χ0v) is 16.8. The van der Waals surface area contributed by atoms with Gasteiger partial charge in [-0.15, -0.1) is 0 Å². The number of amides is 1. The second-order valence-electron chi connectivity index (χ2n) is 6.51. The van der Waals surface area contributed by atoms with E-state index >= 15 is 0 Å². The van der Waals surface area contributed by atoms with Crippen LogP contribution in [0.5, 0.6) is 0 Å². The number of carbonyl (C=O) groups excluding carboxylic acids is 1. The van der Waals surface area contributed by atoms with Crippen LogP contribution in [0.1, 0.15) is 30.6 Å². The summed E-state index contributed by atoms with van der Waals surface area (Å²) in [6.45, 7) is 4.12. The maximum atomic E-state index is 12.9. The molecule has 0 spiro atoms. The first kappa shape index (κ1) is 18.2. The summed E-state index contributed by atoms with van der Waals surface area (Å²) < 4.78 is 28.2. The Kier molecular flexibility index (Phi) is 5.32. The van der Waals surface area contributed by atoms with E-state index in [9.17, 15) is 13.2 Å². The van der Waals surface area contributed by atoms with Crippen LogP contribution in [0.4, 0.5) is 0 Å². The molecule has 1 atom stereocenters. The molecule has 0 aliphatic carbocycles. The van der Waals surface area contributed by atoms with E-state index in [0.29, 0.717) is 23.2 Å². The first-order chi connectivity index (χ1) is 11.9. The maximum absolute atomic E-state index is 12.9. The molecule has 132 valence electrons. The van der Waals surface area contributed by atoms with Gasteiger partial charge in [-0.05, 0) is 0 Å². The molecule has 0 saturated carbocycles. The number of hydrogen-bond acceptors (Lipinski definition) is 3. The Morgan fingerprint density at radius 3 is 2.28 bits per heavy atom. The first-order valence-electron chi connectivity index (χ1n) is 8.27. The number of fused-ring (bicyclic) bond motifs is 1. The Morgan fingerprint density at radius 1 is 1.00 bits per heavy atom. The first-order valence-corrected chi connectivity index (χ1v) is 11.8. The van der Waals surface area contributed by atoms with Crippen LogP contribution < -0.4 is 4.46 Å². The predicted octanol–water partition coefficient (Wildman–Crippen LogP) is 2.69. The summed E-state index contributed by atoms with van der Waals surface area (Å²) in [5.41, 5.74) is 0.295. The second-order valence-corrected chi connectivity index (χ2v) is 10.6. The van der Waals surface area contributed by atoms with Gasteiger partial charge in [0, 0.05) is 0 Å². The van der Waals surface area contributed by atoms with Crippen molar-refractivity contribution in [3.63, 3.8) is 0 Å². The quantitative estimate of drug-likeness (QED) is 0.673. The molecule has 3 rings (SSSR count). The minimum atomic E-state index is -3.75. The van der Waals surface area contributed by atoms with Crippen LogP contribution in [0.3, 0.4) is 0 Å². The molecule has 1 aliphatic rings. The van der Waals surface area contributed by atoms with Crippen LogP contribution in [-0.2, 0) is 10.0 Å². The molecule has 0 radical (unpaired) electrons. The molecule has 0 aromatic heterocycles. The van der Waals surface area contributed by atoms with Gasteiger partial charge in [-0.25, -0.2) is 0 Å². The summed E-state index contributed by atoms with van der Waals surface area (Å²) >= 11 is 0.116. The van der Waals surface area contributed by atoms with E-state index in [-0.39, 0.29) is 31.8 Å². The van der Waals surface area contributed by atoms with E-state index in [2.05, 4.69) is 26.0 Å². The molecule has 0 N–H and O–H groups in total. The fraction of sp³-hybridized carbons (Fsp3) is 0.316. The number of nitrogens with zero attached hydrogens (tertiary/aromatic N) is 1. The van der Waals surface area contributed by atoms with Gasteiger partial charge >= 0.3 is 155 Å². The second kappa shape index (κ2) is 7.32. The Bertz CT molecular complexity index is 865. The summed E-state index contributed by atoms with van der Waals surface area (Å²) in [6, 6.07) is 16.3. The van der Waals surface area contributed by atoms with Crippen LogP contribution in [-0.4, -0.2) is 39.6 Å². The van der Waals surface area contributed by atoms with Gasteiger partial charge in [0.05, 0.1) is 0 Å². The van der Waals surface area contributed by atoms with Crippen molar-refractivity contribution < 1.29 is 13.2 Å². The van der Waals surface area contributed by atoms with Crippen LogP contribution >= 0.6 is 0 Å². The molecule has 25 heavy (non-hydrogen) atoms. The van der Waals surface area contributed by atoms with E-state index < -0.39 is 10.0 Å². The summed E-state index contributed by atoms with van der Waals surface area (Å²) in [7, 11) is -3.75. The van der Waals surface area contributed by atoms with Crippen LogP contribution in [0.2, 0.25) is 5.32 Å². The van der Waals surface area contributed by atoms with E-state index in [1.165, 1.54) is 10.5 Å². The monoisotopic (exact) mass is 423 g/mol. The summed E-state index contributed by atoms with van der Waals surface area (Å²) in [5.74, 6) is -0.0756. The number of rotatable bonds is 6. The Morgan fingerprint density at radius 2 is 1.64 bits per heavy atom. The molecule has 6 heteroatoms. The van der Waals surface area contributed by atoms with E-state index in [1.54, 1.807) is 18.2 Å². The molecule has 2 aromatic carbocycles. The minimum absolute atomic E-state index is 0.116. The average molecular weight is 422 g/mol. The molecule has 0 fully saturated rings. The number of carbonyl (C=O) groups is 1. The third-order valence-corrected chi connectivity index (χ3v) is 8.44. The Hall–Kier alpha value is -1.62. The molecule has 0 saturated heterocycles. The fourth-order valence-electron chi connectivity index (χ4n) is 3.05. The van der Waals surface area contributed by atoms with Gasteiger partial charge in [0.25, 0.3) is 0 Å². The fourth-order valence-corrected chi connectivity index (χ4v) is 7.17. The molecule has 1 heterocycles. The molecule has 2 aromatic rings. The van der Waals surface area contributed by atoms with E-state index in [1.807, 2.05) is 18.2 Å².